The van der Waals surface area contributed by atoms with Crippen LogP contribution in [0.1, 0.15) is 19.8 Å². The second-order valence-corrected chi connectivity index (χ2v) is 6.97. The van der Waals surface area contributed by atoms with Crippen molar-refractivity contribution >= 4 is 17.7 Å². The summed E-state index contributed by atoms with van der Waals surface area (Å²) in [5.74, 6) is 6.67. The van der Waals surface area contributed by atoms with Gasteiger partial charge in [0.25, 0.3) is 0 Å². The van der Waals surface area contributed by atoms with Gasteiger partial charge in [0.1, 0.15) is 5.82 Å². The summed E-state index contributed by atoms with van der Waals surface area (Å²) in [5, 5.41) is 8.33. The van der Waals surface area contributed by atoms with Crippen molar-refractivity contribution in [2.45, 2.75) is 24.9 Å². The van der Waals surface area contributed by atoms with Crippen molar-refractivity contribution in [2.24, 2.45) is 5.92 Å². The predicted molar refractivity (Wildman–Crippen MR) is 91.3 cm³/mol. The number of likely N-dealkylation sites (tertiary alicyclic amines) is 1. The van der Waals surface area contributed by atoms with Crippen LogP contribution in [-0.2, 0) is 4.79 Å². The maximum atomic E-state index is 13.9. The van der Waals surface area contributed by atoms with Gasteiger partial charge in [0, 0.05) is 13.1 Å². The van der Waals surface area contributed by atoms with Crippen LogP contribution in [0.3, 0.4) is 0 Å². The number of hydrogen-bond acceptors (Lipinski definition) is 5. The highest BCUT2D eigenvalue weighted by atomic mass is 32.2. The average molecular weight is 349 g/mol. The number of amides is 1. The standard InChI is InChI=1S/C16H20FN5OS/c1-11-5-4-8-21(9-11)14(23)10-24-16-20-19-15(22(16)18)12-6-2-3-7-13(12)17/h2-3,6-7,11H,4-5,8-10,18H2,1H3. The van der Waals surface area contributed by atoms with Crippen molar-refractivity contribution in [3.8, 4) is 11.4 Å². The van der Waals surface area contributed by atoms with E-state index in [-0.39, 0.29) is 23.0 Å². The zero-order chi connectivity index (χ0) is 17.1. The van der Waals surface area contributed by atoms with E-state index in [4.69, 9.17) is 5.84 Å². The number of piperidine rings is 1. The fourth-order valence-electron chi connectivity index (χ4n) is 2.84. The third-order valence-electron chi connectivity index (χ3n) is 4.11. The summed E-state index contributed by atoms with van der Waals surface area (Å²) in [6.45, 7) is 3.76. The highest BCUT2D eigenvalue weighted by Gasteiger charge is 2.22. The molecule has 0 bridgehead atoms. The molecule has 1 saturated heterocycles. The number of carbonyl (C=O) groups is 1. The number of nitrogens with zero attached hydrogens (tertiary/aromatic N) is 4. The summed E-state index contributed by atoms with van der Waals surface area (Å²) in [6.07, 6.45) is 2.21. The van der Waals surface area contributed by atoms with Crippen molar-refractivity contribution in [2.75, 3.05) is 24.7 Å². The summed E-state index contributed by atoms with van der Waals surface area (Å²) >= 11 is 1.22. The van der Waals surface area contributed by atoms with Crippen LogP contribution >= 0.6 is 11.8 Å². The second kappa shape index (κ2) is 7.21. The fourth-order valence-corrected chi connectivity index (χ4v) is 3.59. The molecule has 1 aromatic carbocycles. The number of thioether (sulfide) groups is 1. The van der Waals surface area contributed by atoms with Gasteiger partial charge in [-0.15, -0.1) is 10.2 Å². The summed E-state index contributed by atoms with van der Waals surface area (Å²) in [4.78, 5) is 14.2. The molecule has 3 rings (SSSR count). The fraction of sp³-hybridized carbons (Fsp3) is 0.438. The number of nitrogens with two attached hydrogens (primary N) is 1. The highest BCUT2D eigenvalue weighted by molar-refractivity contribution is 7.99. The van der Waals surface area contributed by atoms with Gasteiger partial charge in [-0.3, -0.25) is 4.79 Å². The first-order valence-corrected chi connectivity index (χ1v) is 8.90. The lowest BCUT2D eigenvalue weighted by Crippen LogP contribution is -2.40. The SMILES string of the molecule is CC1CCCN(C(=O)CSc2nnc(-c3ccccc3F)n2N)C1. The van der Waals surface area contributed by atoms with Crippen LogP contribution in [0.15, 0.2) is 29.4 Å². The molecule has 0 radical (unpaired) electrons. The first-order chi connectivity index (χ1) is 11.6. The van der Waals surface area contributed by atoms with E-state index in [0.717, 1.165) is 19.5 Å². The van der Waals surface area contributed by atoms with E-state index in [9.17, 15) is 9.18 Å². The topological polar surface area (TPSA) is 77.0 Å². The number of hydrogen-bond donors (Lipinski definition) is 1. The Bertz CT molecular complexity index is 735. The van der Waals surface area contributed by atoms with E-state index in [1.165, 1.54) is 28.9 Å². The van der Waals surface area contributed by atoms with Gasteiger partial charge in [-0.1, -0.05) is 30.8 Å². The number of halogens is 1. The molecule has 1 aromatic heterocycles. The van der Waals surface area contributed by atoms with Crippen LogP contribution in [0, 0.1) is 11.7 Å². The summed E-state index contributed by atoms with van der Waals surface area (Å²) in [5.41, 5.74) is 0.288. The Morgan fingerprint density at radius 1 is 1.42 bits per heavy atom. The van der Waals surface area contributed by atoms with Crippen LogP contribution in [0.25, 0.3) is 11.4 Å². The highest BCUT2D eigenvalue weighted by Crippen LogP contribution is 2.24. The van der Waals surface area contributed by atoms with Crippen LogP contribution < -0.4 is 5.84 Å². The van der Waals surface area contributed by atoms with Gasteiger partial charge < -0.3 is 10.7 Å². The predicted octanol–water partition coefficient (Wildman–Crippen LogP) is 2.15. The Hall–Kier alpha value is -2.09. The monoisotopic (exact) mass is 349 g/mol. The molecule has 24 heavy (non-hydrogen) atoms. The lowest BCUT2D eigenvalue weighted by Gasteiger charge is -2.30. The van der Waals surface area contributed by atoms with E-state index < -0.39 is 5.82 Å². The molecule has 1 fully saturated rings. The molecular weight excluding hydrogens is 329 g/mol. The molecule has 2 aromatic rings. The maximum Gasteiger partial charge on any atom is 0.233 e. The van der Waals surface area contributed by atoms with Crippen LogP contribution in [0.4, 0.5) is 4.39 Å². The van der Waals surface area contributed by atoms with Crippen LogP contribution in [-0.4, -0.2) is 44.5 Å². The minimum absolute atomic E-state index is 0.0713. The van der Waals surface area contributed by atoms with E-state index >= 15 is 0 Å². The first kappa shape index (κ1) is 16.8. The Balaban J connectivity index is 1.66. The average Bonchev–Trinajstić information content (AvgIpc) is 2.94. The lowest BCUT2D eigenvalue weighted by molar-refractivity contribution is -0.130. The number of carbonyl (C=O) groups excluding carboxylic acids is 1. The normalized spacial score (nSPS) is 17.9. The van der Waals surface area contributed by atoms with E-state index in [1.54, 1.807) is 18.2 Å². The Morgan fingerprint density at radius 2 is 2.21 bits per heavy atom. The lowest BCUT2D eigenvalue weighted by atomic mass is 10.0. The molecule has 0 spiro atoms. The van der Waals surface area contributed by atoms with Crippen LogP contribution in [0.2, 0.25) is 0 Å². The Labute approximate surface area is 144 Å². The van der Waals surface area contributed by atoms with E-state index in [1.807, 2.05) is 4.90 Å². The molecule has 1 unspecified atom stereocenters. The van der Waals surface area contributed by atoms with Crippen LogP contribution in [0.5, 0.6) is 0 Å². The summed E-state index contributed by atoms with van der Waals surface area (Å²) in [6, 6.07) is 6.25. The molecule has 1 aliphatic heterocycles. The first-order valence-electron chi connectivity index (χ1n) is 7.92. The molecule has 2 N–H and O–H groups in total. The molecule has 128 valence electrons. The molecule has 1 aliphatic rings. The molecule has 0 saturated carbocycles. The second-order valence-electron chi connectivity index (χ2n) is 6.03. The third kappa shape index (κ3) is 3.53. The Morgan fingerprint density at radius 3 is 2.96 bits per heavy atom. The maximum absolute atomic E-state index is 13.9. The van der Waals surface area contributed by atoms with E-state index in [0.29, 0.717) is 11.1 Å². The van der Waals surface area contributed by atoms with Gasteiger partial charge >= 0.3 is 0 Å². The number of aromatic nitrogens is 3. The molecule has 6 nitrogen and oxygen atoms in total. The van der Waals surface area contributed by atoms with Gasteiger partial charge in [-0.2, -0.15) is 0 Å². The smallest absolute Gasteiger partial charge is 0.233 e. The third-order valence-corrected chi connectivity index (χ3v) is 5.04. The largest absolute Gasteiger partial charge is 0.342 e. The quantitative estimate of drug-likeness (QED) is 0.676. The minimum atomic E-state index is -0.411. The van der Waals surface area contributed by atoms with Crippen molar-refractivity contribution in [3.63, 3.8) is 0 Å². The zero-order valence-electron chi connectivity index (χ0n) is 13.5. The van der Waals surface area contributed by atoms with Crippen molar-refractivity contribution in [3.05, 3.63) is 30.1 Å². The minimum Gasteiger partial charge on any atom is -0.342 e. The van der Waals surface area contributed by atoms with Crippen molar-refractivity contribution in [1.82, 2.24) is 19.8 Å². The summed E-state index contributed by atoms with van der Waals surface area (Å²) < 4.78 is 15.1. The molecule has 0 aliphatic carbocycles. The molecule has 8 heteroatoms. The molecule has 2 heterocycles. The van der Waals surface area contributed by atoms with Gasteiger partial charge in [0.2, 0.25) is 11.1 Å². The molecular formula is C16H20FN5OS. The van der Waals surface area contributed by atoms with Crippen molar-refractivity contribution in [1.29, 1.82) is 0 Å². The number of nitrogen functional groups attached to an aromatic ring is 1. The zero-order valence-corrected chi connectivity index (χ0v) is 14.3. The van der Waals surface area contributed by atoms with E-state index in [2.05, 4.69) is 17.1 Å². The molecule has 1 atom stereocenters. The van der Waals surface area contributed by atoms with Gasteiger partial charge in [-0.05, 0) is 30.9 Å². The van der Waals surface area contributed by atoms with Crippen molar-refractivity contribution < 1.29 is 9.18 Å². The van der Waals surface area contributed by atoms with Gasteiger partial charge in [0.05, 0.1) is 11.3 Å². The Kier molecular flexibility index (Phi) is 5.03. The molecule has 1 amide bonds. The summed E-state index contributed by atoms with van der Waals surface area (Å²) in [7, 11) is 0. The van der Waals surface area contributed by atoms with Gasteiger partial charge in [-0.25, -0.2) is 9.07 Å². The number of rotatable bonds is 4. The van der Waals surface area contributed by atoms with Gasteiger partial charge in [0.15, 0.2) is 5.82 Å². The number of benzene rings is 1.